The number of nitrogens with zero attached hydrogens (tertiary/aromatic N) is 4. The van der Waals surface area contributed by atoms with Gasteiger partial charge in [0.2, 0.25) is 0 Å². The lowest BCUT2D eigenvalue weighted by molar-refractivity contribution is 0.196. The highest BCUT2D eigenvalue weighted by Gasteiger charge is 2.26. The highest BCUT2D eigenvalue weighted by molar-refractivity contribution is 5.40. The molecular formula is C16H27N5. The van der Waals surface area contributed by atoms with E-state index in [2.05, 4.69) is 46.9 Å². The van der Waals surface area contributed by atoms with Gasteiger partial charge in [-0.15, -0.1) is 0 Å². The van der Waals surface area contributed by atoms with Crippen molar-refractivity contribution in [1.82, 2.24) is 20.2 Å². The Kier molecular flexibility index (Phi) is 4.40. The van der Waals surface area contributed by atoms with Crippen molar-refractivity contribution in [2.75, 3.05) is 44.2 Å². The van der Waals surface area contributed by atoms with Gasteiger partial charge in [0.1, 0.15) is 11.6 Å². The fraction of sp³-hybridized carbons (Fsp3) is 0.750. The molecule has 116 valence electrons. The molecule has 0 aromatic carbocycles. The van der Waals surface area contributed by atoms with Gasteiger partial charge >= 0.3 is 0 Å². The molecule has 2 saturated heterocycles. The van der Waals surface area contributed by atoms with Gasteiger partial charge in [-0.05, 0) is 19.9 Å². The highest BCUT2D eigenvalue weighted by Crippen LogP contribution is 2.20. The lowest BCUT2D eigenvalue weighted by Gasteiger charge is -2.38. The minimum absolute atomic E-state index is 0.384. The number of hydrogen-bond acceptors (Lipinski definition) is 5. The molecule has 0 amide bonds. The normalized spacial score (nSPS) is 24.0. The molecular weight excluding hydrogens is 262 g/mol. The van der Waals surface area contributed by atoms with E-state index in [0.29, 0.717) is 5.92 Å². The van der Waals surface area contributed by atoms with E-state index < -0.39 is 0 Å². The zero-order chi connectivity index (χ0) is 14.8. The molecule has 2 aliphatic rings. The summed E-state index contributed by atoms with van der Waals surface area (Å²) in [4.78, 5) is 14.4. The largest absolute Gasteiger partial charge is 0.354 e. The zero-order valence-corrected chi connectivity index (χ0v) is 13.5. The van der Waals surface area contributed by atoms with Gasteiger partial charge in [0, 0.05) is 56.4 Å². The lowest BCUT2D eigenvalue weighted by atomic mass is 10.2. The standard InChI is InChI=1S/C16H27N5/c1-12(2)16-18-13(3)10-15(19-16)21-8-6-20(7-9-21)14-4-5-17-11-14/h10,12,14,17H,4-9,11H2,1-3H3. The number of hydrogen-bond donors (Lipinski definition) is 1. The van der Waals surface area contributed by atoms with Crippen LogP contribution >= 0.6 is 0 Å². The first-order chi connectivity index (χ1) is 10.1. The van der Waals surface area contributed by atoms with Gasteiger partial charge in [-0.3, -0.25) is 4.90 Å². The van der Waals surface area contributed by atoms with Crippen molar-refractivity contribution < 1.29 is 0 Å². The lowest BCUT2D eigenvalue weighted by Crippen LogP contribution is -2.51. The van der Waals surface area contributed by atoms with Gasteiger partial charge in [0.05, 0.1) is 0 Å². The van der Waals surface area contributed by atoms with E-state index in [1.807, 2.05) is 0 Å². The molecule has 1 aromatic heterocycles. The number of anilines is 1. The predicted octanol–water partition coefficient (Wildman–Crippen LogP) is 1.39. The average molecular weight is 289 g/mol. The van der Waals surface area contributed by atoms with Crippen LogP contribution in [-0.2, 0) is 0 Å². The molecule has 1 unspecified atom stereocenters. The van der Waals surface area contributed by atoms with Crippen LogP contribution in [0.4, 0.5) is 5.82 Å². The van der Waals surface area contributed by atoms with E-state index in [9.17, 15) is 0 Å². The van der Waals surface area contributed by atoms with Gasteiger partial charge in [0.15, 0.2) is 0 Å². The summed E-state index contributed by atoms with van der Waals surface area (Å²) in [5, 5.41) is 3.46. The first kappa shape index (κ1) is 14.7. The molecule has 5 heteroatoms. The third-order valence-corrected chi connectivity index (χ3v) is 4.56. The average Bonchev–Trinajstić information content (AvgIpc) is 3.01. The Labute approximate surface area is 127 Å². The first-order valence-corrected chi connectivity index (χ1v) is 8.19. The molecule has 0 aliphatic carbocycles. The molecule has 0 spiro atoms. The van der Waals surface area contributed by atoms with Crippen LogP contribution < -0.4 is 10.2 Å². The van der Waals surface area contributed by atoms with Crippen LogP contribution in [0.1, 0.15) is 37.7 Å². The summed E-state index contributed by atoms with van der Waals surface area (Å²) >= 11 is 0. The van der Waals surface area contributed by atoms with Crippen LogP contribution in [0.3, 0.4) is 0 Å². The summed E-state index contributed by atoms with van der Waals surface area (Å²) in [7, 11) is 0. The summed E-state index contributed by atoms with van der Waals surface area (Å²) < 4.78 is 0. The van der Waals surface area contributed by atoms with Crippen molar-refractivity contribution in [2.45, 2.75) is 39.2 Å². The Morgan fingerprint density at radius 1 is 1.19 bits per heavy atom. The number of nitrogens with one attached hydrogen (secondary N) is 1. The molecule has 1 aromatic rings. The predicted molar refractivity (Wildman–Crippen MR) is 85.9 cm³/mol. The van der Waals surface area contributed by atoms with Crippen LogP contribution in [0.15, 0.2) is 6.07 Å². The molecule has 0 saturated carbocycles. The quantitative estimate of drug-likeness (QED) is 0.911. The molecule has 0 bridgehead atoms. The van der Waals surface area contributed by atoms with Crippen molar-refractivity contribution in [2.24, 2.45) is 0 Å². The maximum absolute atomic E-state index is 4.76. The topological polar surface area (TPSA) is 44.3 Å². The first-order valence-electron chi connectivity index (χ1n) is 8.19. The molecule has 5 nitrogen and oxygen atoms in total. The minimum atomic E-state index is 0.384. The molecule has 3 heterocycles. The number of piperazine rings is 1. The molecule has 1 atom stereocenters. The molecule has 1 N–H and O–H groups in total. The van der Waals surface area contributed by atoms with Crippen molar-refractivity contribution >= 4 is 5.82 Å². The number of rotatable bonds is 3. The van der Waals surface area contributed by atoms with E-state index in [0.717, 1.165) is 56.1 Å². The summed E-state index contributed by atoms with van der Waals surface area (Å²) in [6.07, 6.45) is 1.30. The molecule has 0 radical (unpaired) electrons. The van der Waals surface area contributed by atoms with Crippen LogP contribution in [0.25, 0.3) is 0 Å². The van der Waals surface area contributed by atoms with Crippen molar-refractivity contribution in [3.05, 3.63) is 17.6 Å². The maximum atomic E-state index is 4.76. The monoisotopic (exact) mass is 289 g/mol. The third kappa shape index (κ3) is 3.35. The summed E-state index contributed by atoms with van der Waals surface area (Å²) in [5.74, 6) is 2.46. The molecule has 2 aliphatic heterocycles. The van der Waals surface area contributed by atoms with Gasteiger partial charge in [-0.2, -0.15) is 0 Å². The fourth-order valence-corrected chi connectivity index (χ4v) is 3.26. The zero-order valence-electron chi connectivity index (χ0n) is 13.5. The highest BCUT2D eigenvalue weighted by atomic mass is 15.3. The van der Waals surface area contributed by atoms with E-state index in [1.165, 1.54) is 13.0 Å². The third-order valence-electron chi connectivity index (χ3n) is 4.56. The number of aryl methyl sites for hydroxylation is 1. The van der Waals surface area contributed by atoms with E-state index >= 15 is 0 Å². The van der Waals surface area contributed by atoms with Gasteiger partial charge < -0.3 is 10.2 Å². The van der Waals surface area contributed by atoms with Gasteiger partial charge in [-0.25, -0.2) is 9.97 Å². The Hall–Kier alpha value is -1.20. The summed E-state index contributed by atoms with van der Waals surface area (Å²) in [5.41, 5.74) is 1.08. The second kappa shape index (κ2) is 6.28. The molecule has 21 heavy (non-hydrogen) atoms. The molecule has 3 rings (SSSR count). The van der Waals surface area contributed by atoms with Gasteiger partial charge in [-0.1, -0.05) is 13.8 Å². The van der Waals surface area contributed by atoms with E-state index in [4.69, 9.17) is 4.98 Å². The summed E-state index contributed by atoms with van der Waals surface area (Å²) in [6, 6.07) is 2.86. The maximum Gasteiger partial charge on any atom is 0.133 e. The minimum Gasteiger partial charge on any atom is -0.354 e. The van der Waals surface area contributed by atoms with Crippen LogP contribution in [0, 0.1) is 6.92 Å². The van der Waals surface area contributed by atoms with Crippen molar-refractivity contribution in [3.63, 3.8) is 0 Å². The van der Waals surface area contributed by atoms with E-state index in [1.54, 1.807) is 0 Å². The number of aromatic nitrogens is 2. The van der Waals surface area contributed by atoms with Crippen molar-refractivity contribution in [1.29, 1.82) is 0 Å². The van der Waals surface area contributed by atoms with Gasteiger partial charge in [0.25, 0.3) is 0 Å². The Balaban J connectivity index is 1.66. The fourth-order valence-electron chi connectivity index (χ4n) is 3.26. The summed E-state index contributed by atoms with van der Waals surface area (Å²) in [6.45, 7) is 13.1. The Morgan fingerprint density at radius 3 is 2.57 bits per heavy atom. The SMILES string of the molecule is Cc1cc(N2CCN(C3CCNC3)CC2)nc(C(C)C)n1. The Morgan fingerprint density at radius 2 is 1.95 bits per heavy atom. The smallest absolute Gasteiger partial charge is 0.133 e. The van der Waals surface area contributed by atoms with Crippen LogP contribution in [0.5, 0.6) is 0 Å². The Bertz CT molecular complexity index is 474. The second-order valence-corrected chi connectivity index (χ2v) is 6.55. The van der Waals surface area contributed by atoms with Crippen LogP contribution in [0.2, 0.25) is 0 Å². The molecule has 2 fully saturated rings. The van der Waals surface area contributed by atoms with E-state index in [-0.39, 0.29) is 0 Å². The van der Waals surface area contributed by atoms with Crippen LogP contribution in [-0.4, -0.2) is 60.2 Å². The second-order valence-electron chi connectivity index (χ2n) is 6.55. The van der Waals surface area contributed by atoms with Crippen molar-refractivity contribution in [3.8, 4) is 0 Å².